The first kappa shape index (κ1) is 13.7. The second-order valence-electron chi connectivity index (χ2n) is 4.58. The molecule has 3 nitrogen and oxygen atoms in total. The van der Waals surface area contributed by atoms with Crippen LogP contribution in [0, 0.1) is 0 Å². The van der Waals surface area contributed by atoms with Gasteiger partial charge in [0.15, 0.2) is 0 Å². The van der Waals surface area contributed by atoms with Crippen LogP contribution in [0.2, 0.25) is 10.0 Å². The van der Waals surface area contributed by atoms with Gasteiger partial charge in [-0.25, -0.2) is 5.84 Å². The molecule has 0 spiro atoms. The highest BCUT2D eigenvalue weighted by atomic mass is 35.5. The first-order chi connectivity index (χ1) is 8.69. The number of nitrogens with zero attached hydrogens (tertiary/aromatic N) is 1. The predicted molar refractivity (Wildman–Crippen MR) is 77.2 cm³/mol. The van der Waals surface area contributed by atoms with Crippen LogP contribution in [0.3, 0.4) is 0 Å². The molecule has 1 aliphatic rings. The Bertz CT molecular complexity index is 440. The molecule has 0 amide bonds. The number of aliphatic imine (C=N–C) groups is 1. The third-order valence-electron chi connectivity index (χ3n) is 3.19. The maximum absolute atomic E-state index is 5.99. The quantitative estimate of drug-likeness (QED) is 0.387. The van der Waals surface area contributed by atoms with E-state index in [1.54, 1.807) is 6.07 Å². The van der Waals surface area contributed by atoms with Gasteiger partial charge in [0.05, 0.1) is 16.1 Å². The van der Waals surface area contributed by atoms with E-state index in [0.717, 1.165) is 24.2 Å². The van der Waals surface area contributed by atoms with Crippen molar-refractivity contribution < 1.29 is 0 Å². The highest BCUT2D eigenvalue weighted by molar-refractivity contribution is 6.42. The fourth-order valence-corrected chi connectivity index (χ4v) is 2.55. The van der Waals surface area contributed by atoms with E-state index >= 15 is 0 Å². The van der Waals surface area contributed by atoms with E-state index in [0.29, 0.717) is 22.5 Å². The Morgan fingerprint density at radius 2 is 2.00 bits per heavy atom. The van der Waals surface area contributed by atoms with Crippen molar-refractivity contribution in [1.82, 2.24) is 5.43 Å². The van der Waals surface area contributed by atoms with Crippen LogP contribution in [0.5, 0.6) is 0 Å². The molecule has 1 saturated carbocycles. The van der Waals surface area contributed by atoms with Crippen LogP contribution in [0.1, 0.15) is 31.2 Å². The Labute approximate surface area is 117 Å². The molecule has 1 aromatic carbocycles. The van der Waals surface area contributed by atoms with Crippen molar-refractivity contribution in [2.45, 2.75) is 38.1 Å². The van der Waals surface area contributed by atoms with Crippen LogP contribution in [0.4, 0.5) is 0 Å². The van der Waals surface area contributed by atoms with Gasteiger partial charge in [0.25, 0.3) is 0 Å². The molecule has 0 aliphatic heterocycles. The number of rotatable bonds is 3. The van der Waals surface area contributed by atoms with E-state index in [9.17, 15) is 0 Å². The standard InChI is InChI=1S/C13H17Cl2N3/c14-11-6-5-9(7-12(11)15)8-13(18-16)17-10-3-1-2-4-10/h5-7,10H,1-4,8,16H2,(H,17,18). The van der Waals surface area contributed by atoms with Crippen molar-refractivity contribution in [3.05, 3.63) is 33.8 Å². The molecule has 1 aliphatic carbocycles. The van der Waals surface area contributed by atoms with Crippen molar-refractivity contribution in [2.75, 3.05) is 0 Å². The maximum Gasteiger partial charge on any atom is 0.115 e. The summed E-state index contributed by atoms with van der Waals surface area (Å²) in [5.74, 6) is 6.33. The Morgan fingerprint density at radius 3 is 2.61 bits per heavy atom. The Balaban J connectivity index is 2.07. The summed E-state index contributed by atoms with van der Waals surface area (Å²) < 4.78 is 0. The molecule has 0 bridgehead atoms. The van der Waals surface area contributed by atoms with E-state index in [1.165, 1.54) is 12.8 Å². The normalized spacial score (nSPS) is 17.2. The molecule has 98 valence electrons. The number of amidine groups is 1. The van der Waals surface area contributed by atoms with Crippen LogP contribution in [-0.4, -0.2) is 11.9 Å². The predicted octanol–water partition coefficient (Wildman–Crippen LogP) is 3.34. The lowest BCUT2D eigenvalue weighted by Gasteiger charge is -2.10. The number of halogens is 2. The lowest BCUT2D eigenvalue weighted by molar-refractivity contribution is 0.697. The second-order valence-corrected chi connectivity index (χ2v) is 5.40. The molecule has 1 aromatic rings. The van der Waals surface area contributed by atoms with Crippen molar-refractivity contribution in [3.63, 3.8) is 0 Å². The van der Waals surface area contributed by atoms with Crippen molar-refractivity contribution in [1.29, 1.82) is 0 Å². The van der Waals surface area contributed by atoms with Crippen LogP contribution in [-0.2, 0) is 6.42 Å². The smallest absolute Gasteiger partial charge is 0.115 e. The SMILES string of the molecule is NNC(Cc1ccc(Cl)c(Cl)c1)=NC1CCCC1. The molecule has 0 heterocycles. The highest BCUT2D eigenvalue weighted by Gasteiger charge is 2.14. The van der Waals surface area contributed by atoms with Gasteiger partial charge in [-0.1, -0.05) is 42.1 Å². The molecule has 2 rings (SSSR count). The summed E-state index contributed by atoms with van der Waals surface area (Å²) in [4.78, 5) is 4.65. The lowest BCUT2D eigenvalue weighted by Crippen LogP contribution is -2.33. The second kappa shape index (κ2) is 6.41. The Hall–Kier alpha value is -0.770. The van der Waals surface area contributed by atoms with Gasteiger partial charge in [-0.15, -0.1) is 0 Å². The average Bonchev–Trinajstić information content (AvgIpc) is 2.86. The third kappa shape index (κ3) is 3.61. The minimum atomic E-state index is 0.416. The Kier molecular flexibility index (Phi) is 4.87. The van der Waals surface area contributed by atoms with Gasteiger partial charge in [0.2, 0.25) is 0 Å². The molecule has 0 radical (unpaired) electrons. The monoisotopic (exact) mass is 285 g/mol. The molecule has 0 saturated heterocycles. The van der Waals surface area contributed by atoms with E-state index in [4.69, 9.17) is 29.0 Å². The molecule has 18 heavy (non-hydrogen) atoms. The largest absolute Gasteiger partial charge is 0.312 e. The maximum atomic E-state index is 5.99. The molecule has 0 atom stereocenters. The van der Waals surface area contributed by atoms with Gasteiger partial charge in [0.1, 0.15) is 5.84 Å². The zero-order valence-corrected chi connectivity index (χ0v) is 11.6. The number of hydrogen-bond donors (Lipinski definition) is 2. The fraction of sp³-hybridized carbons (Fsp3) is 0.462. The third-order valence-corrected chi connectivity index (χ3v) is 3.92. The topological polar surface area (TPSA) is 50.4 Å². The summed E-state index contributed by atoms with van der Waals surface area (Å²) >= 11 is 11.9. The van der Waals surface area contributed by atoms with Gasteiger partial charge in [0, 0.05) is 6.42 Å². The van der Waals surface area contributed by atoms with Crippen LogP contribution in [0.25, 0.3) is 0 Å². The fourth-order valence-electron chi connectivity index (χ4n) is 2.23. The van der Waals surface area contributed by atoms with Gasteiger partial charge >= 0.3 is 0 Å². The average molecular weight is 286 g/mol. The molecule has 3 N–H and O–H groups in total. The first-order valence-corrected chi connectivity index (χ1v) is 6.92. The summed E-state index contributed by atoms with van der Waals surface area (Å²) in [5, 5.41) is 1.13. The van der Waals surface area contributed by atoms with Crippen LogP contribution < -0.4 is 11.3 Å². The highest BCUT2D eigenvalue weighted by Crippen LogP contribution is 2.24. The zero-order valence-electron chi connectivity index (χ0n) is 10.1. The van der Waals surface area contributed by atoms with Crippen LogP contribution >= 0.6 is 23.2 Å². The summed E-state index contributed by atoms with van der Waals surface area (Å²) in [6, 6.07) is 6.00. The number of benzene rings is 1. The number of hydrazine groups is 1. The van der Waals surface area contributed by atoms with Gasteiger partial charge < -0.3 is 5.43 Å². The van der Waals surface area contributed by atoms with Crippen molar-refractivity contribution in [3.8, 4) is 0 Å². The van der Waals surface area contributed by atoms with E-state index in [1.807, 2.05) is 12.1 Å². The summed E-state index contributed by atoms with van der Waals surface area (Å²) in [6.07, 6.45) is 5.50. The molecule has 1 fully saturated rings. The number of nitrogens with two attached hydrogens (primary N) is 1. The van der Waals surface area contributed by atoms with Crippen molar-refractivity contribution >= 4 is 29.0 Å². The molecule has 0 aromatic heterocycles. The van der Waals surface area contributed by atoms with Crippen LogP contribution in [0.15, 0.2) is 23.2 Å². The Morgan fingerprint density at radius 1 is 1.28 bits per heavy atom. The number of hydrogen-bond acceptors (Lipinski definition) is 2. The summed E-state index contributed by atoms with van der Waals surface area (Å²) in [5.41, 5.74) is 3.74. The van der Waals surface area contributed by atoms with Crippen molar-refractivity contribution in [2.24, 2.45) is 10.8 Å². The van der Waals surface area contributed by atoms with E-state index in [-0.39, 0.29) is 0 Å². The summed E-state index contributed by atoms with van der Waals surface area (Å²) in [6.45, 7) is 0. The molecular weight excluding hydrogens is 269 g/mol. The summed E-state index contributed by atoms with van der Waals surface area (Å²) in [7, 11) is 0. The molecule has 0 unspecified atom stereocenters. The van der Waals surface area contributed by atoms with Gasteiger partial charge in [-0.2, -0.15) is 0 Å². The number of nitrogens with one attached hydrogen (secondary N) is 1. The zero-order chi connectivity index (χ0) is 13.0. The van der Waals surface area contributed by atoms with E-state index < -0.39 is 0 Å². The minimum Gasteiger partial charge on any atom is -0.312 e. The minimum absolute atomic E-state index is 0.416. The van der Waals surface area contributed by atoms with Gasteiger partial charge in [-0.3, -0.25) is 4.99 Å². The molecule has 5 heteroatoms. The van der Waals surface area contributed by atoms with E-state index in [2.05, 4.69) is 10.4 Å². The first-order valence-electron chi connectivity index (χ1n) is 6.16. The lowest BCUT2D eigenvalue weighted by atomic mass is 10.1. The molecular formula is C13H17Cl2N3. The van der Waals surface area contributed by atoms with Gasteiger partial charge in [-0.05, 0) is 30.5 Å².